The Labute approximate surface area is 158 Å². The molecule has 1 atom stereocenters. The molecular formula is C20H22N6O. The third-order valence-electron chi connectivity index (χ3n) is 4.75. The van der Waals surface area contributed by atoms with Gasteiger partial charge in [-0.1, -0.05) is 6.07 Å². The minimum absolute atomic E-state index is 0.0926. The molecule has 0 fully saturated rings. The van der Waals surface area contributed by atoms with Crippen LogP contribution in [0.1, 0.15) is 34.2 Å². The number of amides is 1. The molecule has 3 aromatic rings. The third-order valence-corrected chi connectivity index (χ3v) is 4.75. The van der Waals surface area contributed by atoms with Crippen LogP contribution < -0.4 is 5.32 Å². The maximum atomic E-state index is 12.2. The van der Waals surface area contributed by atoms with Gasteiger partial charge in [0.25, 0.3) is 5.91 Å². The molecule has 0 unspecified atom stereocenters. The van der Waals surface area contributed by atoms with Gasteiger partial charge in [-0.3, -0.25) is 24.3 Å². The number of pyridine rings is 2. The zero-order valence-electron chi connectivity index (χ0n) is 15.0. The first-order chi connectivity index (χ1) is 13.3. The molecule has 0 bridgehead atoms. The predicted molar refractivity (Wildman–Crippen MR) is 101 cm³/mol. The van der Waals surface area contributed by atoms with E-state index in [4.69, 9.17) is 0 Å². The first kappa shape index (κ1) is 17.4. The molecule has 1 N–H and O–H groups in total. The molecule has 0 aliphatic carbocycles. The fourth-order valence-corrected chi connectivity index (χ4v) is 3.47. The van der Waals surface area contributed by atoms with Crippen molar-refractivity contribution >= 4 is 5.91 Å². The molecule has 138 valence electrons. The summed E-state index contributed by atoms with van der Waals surface area (Å²) in [5, 5.41) is 7.47. The smallest absolute Gasteiger partial charge is 0.252 e. The normalized spacial score (nSPS) is 16.7. The van der Waals surface area contributed by atoms with Crippen molar-refractivity contribution in [3.63, 3.8) is 0 Å². The molecule has 4 heterocycles. The molecule has 0 saturated carbocycles. The first-order valence-corrected chi connectivity index (χ1v) is 9.12. The van der Waals surface area contributed by atoms with Crippen molar-refractivity contribution in [2.45, 2.75) is 25.6 Å². The third kappa shape index (κ3) is 4.20. The molecule has 3 aromatic heterocycles. The van der Waals surface area contributed by atoms with E-state index >= 15 is 0 Å². The summed E-state index contributed by atoms with van der Waals surface area (Å²) in [7, 11) is 0. The number of rotatable bonds is 6. The molecular weight excluding hydrogens is 340 g/mol. The fourth-order valence-electron chi connectivity index (χ4n) is 3.47. The topological polar surface area (TPSA) is 75.9 Å². The largest absolute Gasteiger partial charge is 0.352 e. The molecule has 0 aromatic carbocycles. The van der Waals surface area contributed by atoms with Crippen LogP contribution >= 0.6 is 0 Å². The summed E-state index contributed by atoms with van der Waals surface area (Å²) < 4.78 is 2.09. The Balaban J connectivity index is 1.37. The molecule has 0 radical (unpaired) electrons. The SMILES string of the molecule is O=C(NCC[C@@H]1CN(Cc2ccccn2)Cc2ccnn21)c1cccnc1. The van der Waals surface area contributed by atoms with Crippen LogP contribution in [-0.4, -0.2) is 43.6 Å². The molecule has 1 aliphatic rings. The van der Waals surface area contributed by atoms with Crippen molar-refractivity contribution in [3.8, 4) is 0 Å². The van der Waals surface area contributed by atoms with Crippen LogP contribution in [0, 0.1) is 0 Å². The zero-order valence-corrected chi connectivity index (χ0v) is 15.0. The number of hydrogen-bond acceptors (Lipinski definition) is 5. The van der Waals surface area contributed by atoms with Gasteiger partial charge < -0.3 is 5.32 Å². The van der Waals surface area contributed by atoms with Gasteiger partial charge in [0.2, 0.25) is 0 Å². The van der Waals surface area contributed by atoms with E-state index in [9.17, 15) is 4.79 Å². The standard InChI is InChI=1S/C20H22N6O/c27-20(16-4-3-8-21-12-16)23-10-6-18-14-25(13-17-5-1-2-9-22-17)15-19-7-11-24-26(18)19/h1-5,7-9,11-12,18H,6,10,13-15H2,(H,23,27)/t18-/m1/s1. The quantitative estimate of drug-likeness (QED) is 0.726. The summed E-state index contributed by atoms with van der Waals surface area (Å²) in [6.07, 6.45) is 7.74. The maximum absolute atomic E-state index is 12.2. The van der Waals surface area contributed by atoms with Crippen molar-refractivity contribution in [1.29, 1.82) is 0 Å². The van der Waals surface area contributed by atoms with Crippen molar-refractivity contribution in [1.82, 2.24) is 30.0 Å². The Kier molecular flexibility index (Phi) is 5.20. The molecule has 1 amide bonds. The van der Waals surface area contributed by atoms with Crippen LogP contribution in [0.25, 0.3) is 0 Å². The average molecular weight is 362 g/mol. The van der Waals surface area contributed by atoms with Crippen LogP contribution in [0.3, 0.4) is 0 Å². The van der Waals surface area contributed by atoms with Gasteiger partial charge in [-0.2, -0.15) is 5.10 Å². The second kappa shape index (κ2) is 8.09. The van der Waals surface area contributed by atoms with Gasteiger partial charge in [0.1, 0.15) is 0 Å². The highest BCUT2D eigenvalue weighted by Crippen LogP contribution is 2.23. The van der Waals surface area contributed by atoms with Gasteiger partial charge in [-0.05, 0) is 36.8 Å². The molecule has 0 spiro atoms. The van der Waals surface area contributed by atoms with E-state index < -0.39 is 0 Å². The van der Waals surface area contributed by atoms with Crippen LogP contribution in [0.4, 0.5) is 0 Å². The summed E-state index contributed by atoms with van der Waals surface area (Å²) in [5.74, 6) is -0.0926. The second-order valence-corrected chi connectivity index (χ2v) is 6.70. The lowest BCUT2D eigenvalue weighted by molar-refractivity contribution is 0.0946. The van der Waals surface area contributed by atoms with E-state index in [2.05, 4.69) is 42.1 Å². The average Bonchev–Trinajstić information content (AvgIpc) is 3.18. The van der Waals surface area contributed by atoms with Crippen LogP contribution in [0.15, 0.2) is 61.2 Å². The van der Waals surface area contributed by atoms with Gasteiger partial charge in [0, 0.05) is 51.0 Å². The first-order valence-electron chi connectivity index (χ1n) is 9.12. The Morgan fingerprint density at radius 1 is 1.15 bits per heavy atom. The minimum atomic E-state index is -0.0926. The number of hydrogen-bond donors (Lipinski definition) is 1. The summed E-state index contributed by atoms with van der Waals surface area (Å²) in [5.41, 5.74) is 2.84. The Morgan fingerprint density at radius 3 is 2.93 bits per heavy atom. The van der Waals surface area contributed by atoms with Gasteiger partial charge in [-0.15, -0.1) is 0 Å². The van der Waals surface area contributed by atoms with Gasteiger partial charge in [0.05, 0.1) is 23.0 Å². The van der Waals surface area contributed by atoms with E-state index in [1.54, 1.807) is 24.5 Å². The second-order valence-electron chi connectivity index (χ2n) is 6.70. The van der Waals surface area contributed by atoms with Crippen LogP contribution in [0.5, 0.6) is 0 Å². The molecule has 7 nitrogen and oxygen atoms in total. The lowest BCUT2D eigenvalue weighted by Crippen LogP contribution is -2.39. The molecule has 27 heavy (non-hydrogen) atoms. The van der Waals surface area contributed by atoms with Gasteiger partial charge in [0.15, 0.2) is 0 Å². The lowest BCUT2D eigenvalue weighted by Gasteiger charge is -2.33. The van der Waals surface area contributed by atoms with Gasteiger partial charge >= 0.3 is 0 Å². The number of aromatic nitrogens is 4. The molecule has 7 heteroatoms. The summed E-state index contributed by atoms with van der Waals surface area (Å²) in [6, 6.07) is 11.8. The highest BCUT2D eigenvalue weighted by molar-refractivity contribution is 5.93. The monoisotopic (exact) mass is 362 g/mol. The highest BCUT2D eigenvalue weighted by atomic mass is 16.1. The number of nitrogens with zero attached hydrogens (tertiary/aromatic N) is 5. The lowest BCUT2D eigenvalue weighted by atomic mass is 10.1. The molecule has 0 saturated heterocycles. The van der Waals surface area contributed by atoms with Crippen molar-refractivity contribution in [2.75, 3.05) is 13.1 Å². The van der Waals surface area contributed by atoms with Crippen molar-refractivity contribution < 1.29 is 4.79 Å². The van der Waals surface area contributed by atoms with Crippen molar-refractivity contribution in [2.24, 2.45) is 0 Å². The van der Waals surface area contributed by atoms with E-state index in [1.165, 1.54) is 5.69 Å². The highest BCUT2D eigenvalue weighted by Gasteiger charge is 2.25. The summed E-state index contributed by atoms with van der Waals surface area (Å²) >= 11 is 0. The van der Waals surface area contributed by atoms with Crippen molar-refractivity contribution in [3.05, 3.63) is 78.1 Å². The summed E-state index contributed by atoms with van der Waals surface area (Å²) in [4.78, 5) is 23.0. The molecule has 4 rings (SSSR count). The molecule has 1 aliphatic heterocycles. The van der Waals surface area contributed by atoms with E-state index in [0.717, 1.165) is 31.7 Å². The Hall–Kier alpha value is -3.06. The zero-order chi connectivity index (χ0) is 18.5. The Morgan fingerprint density at radius 2 is 2.11 bits per heavy atom. The number of carbonyl (C=O) groups excluding carboxylic acids is 1. The maximum Gasteiger partial charge on any atom is 0.252 e. The van der Waals surface area contributed by atoms with Crippen LogP contribution in [0.2, 0.25) is 0 Å². The minimum Gasteiger partial charge on any atom is -0.352 e. The number of carbonyl (C=O) groups is 1. The summed E-state index contributed by atoms with van der Waals surface area (Å²) in [6.45, 7) is 3.14. The van der Waals surface area contributed by atoms with E-state index in [1.807, 2.05) is 24.5 Å². The predicted octanol–water partition coefficient (Wildman–Crippen LogP) is 2.05. The van der Waals surface area contributed by atoms with Gasteiger partial charge in [-0.25, -0.2) is 0 Å². The van der Waals surface area contributed by atoms with Crippen LogP contribution in [-0.2, 0) is 13.1 Å². The number of nitrogens with one attached hydrogen (secondary N) is 1. The Bertz CT molecular complexity index is 880. The van der Waals surface area contributed by atoms with E-state index in [-0.39, 0.29) is 11.9 Å². The number of fused-ring (bicyclic) bond motifs is 1. The fraction of sp³-hybridized carbons (Fsp3) is 0.300. The van der Waals surface area contributed by atoms with E-state index in [0.29, 0.717) is 12.1 Å².